The van der Waals surface area contributed by atoms with Gasteiger partial charge in [0.15, 0.2) is 9.84 Å². The summed E-state index contributed by atoms with van der Waals surface area (Å²) in [6, 6.07) is -0.480. The first-order valence-corrected chi connectivity index (χ1v) is 6.14. The fourth-order valence-corrected chi connectivity index (χ4v) is 2.49. The number of hydrogen-bond donors (Lipinski definition) is 2. The maximum Gasteiger partial charge on any atom is 0.250 e. The molecule has 1 aliphatic rings. The second-order valence-corrected chi connectivity index (χ2v) is 5.16. The Hall–Kier alpha value is -0.920. The highest BCUT2D eigenvalue weighted by atomic mass is 32.2. The lowest BCUT2D eigenvalue weighted by molar-refractivity contribution is -0.130. The van der Waals surface area contributed by atoms with Gasteiger partial charge < -0.3 is 15.8 Å². The van der Waals surface area contributed by atoms with E-state index in [1.807, 2.05) is 0 Å². The van der Waals surface area contributed by atoms with Crippen molar-refractivity contribution in [2.75, 3.05) is 19.4 Å². The molecule has 1 aliphatic heterocycles. The molecule has 3 N–H and O–H groups in total. The van der Waals surface area contributed by atoms with Crippen molar-refractivity contribution in [2.24, 2.45) is 5.73 Å². The molecule has 0 aromatic heterocycles. The van der Waals surface area contributed by atoms with Gasteiger partial charge in [-0.25, -0.2) is 8.42 Å². The minimum absolute atomic E-state index is 0.0610. The molecule has 2 atom stereocenters. The molecule has 86 valence electrons. The molecule has 0 aromatic carbocycles. The Morgan fingerprint density at radius 1 is 1.73 bits per heavy atom. The first-order valence-electron chi connectivity index (χ1n) is 4.42. The minimum Gasteiger partial charge on any atom is -0.370 e. The number of methoxy groups -OCH3 is 1. The summed E-state index contributed by atoms with van der Waals surface area (Å²) < 4.78 is 26.9. The maximum absolute atomic E-state index is 11.4. The average molecular weight is 234 g/mol. The molecular formula is C8H14N2O4S. The van der Waals surface area contributed by atoms with Crippen LogP contribution < -0.4 is 11.1 Å². The Bertz CT molecular complexity index is 359. The van der Waals surface area contributed by atoms with Crippen LogP contribution in [0, 0.1) is 0 Å². The van der Waals surface area contributed by atoms with Crippen LogP contribution in [0.25, 0.3) is 0 Å². The number of ether oxygens (including phenoxy) is 1. The smallest absolute Gasteiger partial charge is 0.250 e. The quantitative estimate of drug-likeness (QED) is 0.609. The number of hydrogen-bond acceptors (Lipinski definition) is 5. The predicted molar refractivity (Wildman–Crippen MR) is 54.7 cm³/mol. The van der Waals surface area contributed by atoms with Gasteiger partial charge in [0.25, 0.3) is 5.91 Å². The highest BCUT2D eigenvalue weighted by Crippen LogP contribution is 2.07. The van der Waals surface area contributed by atoms with Crippen LogP contribution in [0.4, 0.5) is 0 Å². The summed E-state index contributed by atoms with van der Waals surface area (Å²) in [4.78, 5) is 11.4. The lowest BCUT2D eigenvalue weighted by Gasteiger charge is -2.15. The average Bonchev–Trinajstić information content (AvgIpc) is 2.47. The van der Waals surface area contributed by atoms with Crippen molar-refractivity contribution in [3.8, 4) is 0 Å². The van der Waals surface area contributed by atoms with Crippen LogP contribution in [-0.4, -0.2) is 45.9 Å². The van der Waals surface area contributed by atoms with E-state index in [1.165, 1.54) is 13.2 Å². The van der Waals surface area contributed by atoms with E-state index in [4.69, 9.17) is 10.5 Å². The van der Waals surface area contributed by atoms with Gasteiger partial charge >= 0.3 is 0 Å². The third-order valence-corrected chi connectivity index (χ3v) is 3.44. The lowest BCUT2D eigenvalue weighted by atomic mass is 10.3. The van der Waals surface area contributed by atoms with Crippen molar-refractivity contribution in [3.63, 3.8) is 0 Å². The van der Waals surface area contributed by atoms with Gasteiger partial charge in [-0.15, -0.1) is 0 Å². The molecule has 7 heteroatoms. The van der Waals surface area contributed by atoms with Gasteiger partial charge in [-0.2, -0.15) is 0 Å². The Balaban J connectivity index is 2.51. The Kier molecular flexibility index (Phi) is 3.83. The highest BCUT2D eigenvalue weighted by Gasteiger charge is 2.25. The molecule has 0 fully saturated rings. The normalized spacial score (nSPS) is 25.1. The summed E-state index contributed by atoms with van der Waals surface area (Å²) in [6.07, 6.45) is 0.706. The van der Waals surface area contributed by atoms with Crippen molar-refractivity contribution >= 4 is 15.7 Å². The molecule has 2 unspecified atom stereocenters. The largest absolute Gasteiger partial charge is 0.370 e. The van der Waals surface area contributed by atoms with E-state index in [1.54, 1.807) is 0 Å². The molecule has 0 spiro atoms. The number of nitrogens with one attached hydrogen (secondary N) is 1. The summed E-state index contributed by atoms with van der Waals surface area (Å²) in [5, 5.41) is 3.63. The number of carbonyl (C=O) groups is 1. The summed E-state index contributed by atoms with van der Waals surface area (Å²) in [6.45, 7) is 0.0610. The fourth-order valence-electron chi connectivity index (χ4n) is 1.25. The monoisotopic (exact) mass is 234 g/mol. The molecule has 0 saturated heterocycles. The van der Waals surface area contributed by atoms with Crippen LogP contribution in [0.3, 0.4) is 0 Å². The Morgan fingerprint density at radius 2 is 2.40 bits per heavy atom. The van der Waals surface area contributed by atoms with E-state index in [-0.39, 0.29) is 12.3 Å². The van der Waals surface area contributed by atoms with E-state index in [0.29, 0.717) is 0 Å². The molecule has 6 nitrogen and oxygen atoms in total. The van der Waals surface area contributed by atoms with Crippen LogP contribution in [0.1, 0.15) is 0 Å². The molecule has 0 radical (unpaired) electrons. The molecule has 0 aliphatic carbocycles. The summed E-state index contributed by atoms with van der Waals surface area (Å²) in [5.74, 6) is -0.494. The standard InChI is InChI=1S/C8H14N2O4S/c1-14-7(4-9)8(11)10-6-2-3-15(12,13)5-6/h2-3,6-7H,4-5,9H2,1H3,(H,10,11). The van der Waals surface area contributed by atoms with Crippen LogP contribution in [-0.2, 0) is 19.4 Å². The van der Waals surface area contributed by atoms with Crippen LogP contribution in [0.5, 0.6) is 0 Å². The molecule has 0 aromatic rings. The van der Waals surface area contributed by atoms with Crippen molar-refractivity contribution in [3.05, 3.63) is 11.5 Å². The molecule has 0 saturated carbocycles. The number of amides is 1. The maximum atomic E-state index is 11.4. The van der Waals surface area contributed by atoms with Gasteiger partial charge in [-0.1, -0.05) is 0 Å². The van der Waals surface area contributed by atoms with E-state index in [9.17, 15) is 13.2 Å². The van der Waals surface area contributed by atoms with E-state index >= 15 is 0 Å². The first kappa shape index (κ1) is 12.2. The molecule has 15 heavy (non-hydrogen) atoms. The van der Waals surface area contributed by atoms with Gasteiger partial charge in [0, 0.05) is 19.1 Å². The minimum atomic E-state index is -3.15. The van der Waals surface area contributed by atoms with Crippen molar-refractivity contribution in [1.82, 2.24) is 5.32 Å². The van der Waals surface area contributed by atoms with Gasteiger partial charge in [0.1, 0.15) is 6.10 Å². The van der Waals surface area contributed by atoms with E-state index in [2.05, 4.69) is 5.32 Å². The van der Waals surface area contributed by atoms with Crippen molar-refractivity contribution in [2.45, 2.75) is 12.1 Å². The second-order valence-electron chi connectivity index (χ2n) is 3.23. The van der Waals surface area contributed by atoms with Crippen molar-refractivity contribution in [1.29, 1.82) is 0 Å². The van der Waals surface area contributed by atoms with E-state index < -0.39 is 27.9 Å². The zero-order valence-corrected chi connectivity index (χ0v) is 9.16. The number of rotatable bonds is 4. The Morgan fingerprint density at radius 3 is 2.80 bits per heavy atom. The summed E-state index contributed by atoms with van der Waals surface area (Å²) in [5.41, 5.74) is 5.29. The number of sulfone groups is 1. The fraction of sp³-hybridized carbons (Fsp3) is 0.625. The van der Waals surface area contributed by atoms with Crippen LogP contribution in [0.2, 0.25) is 0 Å². The summed E-state index contributed by atoms with van der Waals surface area (Å²) in [7, 11) is -1.77. The van der Waals surface area contributed by atoms with Gasteiger partial charge in [-0.05, 0) is 6.08 Å². The topological polar surface area (TPSA) is 98.5 Å². The zero-order chi connectivity index (χ0) is 11.5. The third kappa shape index (κ3) is 3.29. The number of carbonyl (C=O) groups excluding carboxylic acids is 1. The van der Waals surface area contributed by atoms with Gasteiger partial charge in [-0.3, -0.25) is 4.79 Å². The van der Waals surface area contributed by atoms with Crippen LogP contribution in [0.15, 0.2) is 11.5 Å². The molecule has 0 bridgehead atoms. The van der Waals surface area contributed by atoms with Crippen LogP contribution >= 0.6 is 0 Å². The Labute approximate surface area is 88.4 Å². The predicted octanol–water partition coefficient (Wildman–Crippen LogP) is -1.61. The van der Waals surface area contributed by atoms with E-state index in [0.717, 1.165) is 5.41 Å². The zero-order valence-electron chi connectivity index (χ0n) is 8.34. The van der Waals surface area contributed by atoms with Gasteiger partial charge in [0.05, 0.1) is 11.8 Å². The molecule has 1 heterocycles. The highest BCUT2D eigenvalue weighted by molar-refractivity contribution is 7.94. The SMILES string of the molecule is COC(CN)C(=O)NC1C=CS(=O)(=O)C1. The third-order valence-electron chi connectivity index (χ3n) is 2.05. The number of nitrogens with two attached hydrogens (primary N) is 1. The summed E-state index contributed by atoms with van der Waals surface area (Å²) >= 11 is 0. The second kappa shape index (κ2) is 4.73. The molecule has 1 amide bonds. The van der Waals surface area contributed by atoms with Gasteiger partial charge in [0.2, 0.25) is 0 Å². The first-order chi connectivity index (χ1) is 6.98. The molecular weight excluding hydrogens is 220 g/mol. The lowest BCUT2D eigenvalue weighted by Crippen LogP contribution is -2.45. The molecule has 1 rings (SSSR count). The van der Waals surface area contributed by atoms with Crippen molar-refractivity contribution < 1.29 is 17.9 Å².